The topological polar surface area (TPSA) is 41.7 Å². The van der Waals surface area contributed by atoms with E-state index in [4.69, 9.17) is 10.6 Å². The highest BCUT2D eigenvalue weighted by molar-refractivity contribution is 4.80. The van der Waals surface area contributed by atoms with Crippen molar-refractivity contribution in [2.45, 2.75) is 19.9 Å². The summed E-state index contributed by atoms with van der Waals surface area (Å²) >= 11 is 0. The van der Waals surface area contributed by atoms with E-state index in [1.807, 2.05) is 18.9 Å². The first-order valence-electron chi connectivity index (χ1n) is 5.18. The smallest absolute Gasteiger partial charge is 0.0645 e. The van der Waals surface area contributed by atoms with Gasteiger partial charge in [0.25, 0.3) is 0 Å². The van der Waals surface area contributed by atoms with Crippen LogP contribution in [0.15, 0.2) is 0 Å². The Kier molecular flexibility index (Phi) is 4.66. The molecule has 4 heteroatoms. The van der Waals surface area contributed by atoms with Crippen LogP contribution in [0.3, 0.4) is 0 Å². The molecule has 2 rings (SSSR count). The molecule has 0 aromatic carbocycles. The molecule has 13 heavy (non-hydrogen) atoms. The maximum absolute atomic E-state index is 5.63. The molecular formula is C9H21N3O. The van der Waals surface area contributed by atoms with Crippen molar-refractivity contribution in [2.24, 2.45) is 5.84 Å². The highest BCUT2D eigenvalue weighted by Crippen LogP contribution is 2.11. The number of nitrogens with two attached hydrogens (primary N) is 1. The van der Waals surface area contributed by atoms with Crippen LogP contribution >= 0.6 is 0 Å². The first-order valence-corrected chi connectivity index (χ1v) is 5.18. The van der Waals surface area contributed by atoms with Gasteiger partial charge in [-0.2, -0.15) is 0 Å². The number of nitrogens with zero attached hydrogens (tertiary/aromatic N) is 2. The zero-order valence-corrected chi connectivity index (χ0v) is 8.70. The van der Waals surface area contributed by atoms with Gasteiger partial charge in [-0.05, 0) is 0 Å². The molecule has 2 N–H and O–H groups in total. The van der Waals surface area contributed by atoms with Gasteiger partial charge in [0.2, 0.25) is 0 Å². The minimum Gasteiger partial charge on any atom is -0.378 e. The van der Waals surface area contributed by atoms with Crippen LogP contribution in [0.1, 0.15) is 13.8 Å². The Balaban J connectivity index is 0.000000396. The van der Waals surface area contributed by atoms with Gasteiger partial charge >= 0.3 is 0 Å². The summed E-state index contributed by atoms with van der Waals surface area (Å²) in [5.74, 6) is 5.63. The van der Waals surface area contributed by atoms with E-state index in [0.717, 1.165) is 39.4 Å². The fraction of sp³-hybridized carbons (Fsp3) is 1.00. The maximum atomic E-state index is 5.63. The molecule has 78 valence electrons. The lowest BCUT2D eigenvalue weighted by Gasteiger charge is -2.41. The maximum Gasteiger partial charge on any atom is 0.0645 e. The third kappa shape index (κ3) is 2.91. The highest BCUT2D eigenvalue weighted by Gasteiger charge is 2.27. The summed E-state index contributed by atoms with van der Waals surface area (Å²) in [6.07, 6.45) is 0. The van der Waals surface area contributed by atoms with Gasteiger partial charge in [0.05, 0.1) is 19.3 Å². The Bertz CT molecular complexity index is 131. The third-order valence-electron chi connectivity index (χ3n) is 2.49. The predicted molar refractivity (Wildman–Crippen MR) is 53.3 cm³/mol. The normalized spacial score (nSPS) is 26.1. The molecule has 0 unspecified atom stereocenters. The Morgan fingerprint density at radius 3 is 2.00 bits per heavy atom. The van der Waals surface area contributed by atoms with Crippen molar-refractivity contribution < 1.29 is 4.74 Å². The minimum absolute atomic E-state index is 0.684. The summed E-state index contributed by atoms with van der Waals surface area (Å²) in [5, 5.41) is 1.88. The fourth-order valence-corrected chi connectivity index (χ4v) is 1.54. The first kappa shape index (κ1) is 10.9. The van der Waals surface area contributed by atoms with Gasteiger partial charge in [-0.1, -0.05) is 13.8 Å². The van der Waals surface area contributed by atoms with Gasteiger partial charge in [0.15, 0.2) is 0 Å². The summed E-state index contributed by atoms with van der Waals surface area (Å²) in [5.41, 5.74) is 0. The second kappa shape index (κ2) is 5.54. The molecule has 2 fully saturated rings. The summed E-state index contributed by atoms with van der Waals surface area (Å²) in [6, 6.07) is 0.684. The van der Waals surface area contributed by atoms with E-state index >= 15 is 0 Å². The molecule has 0 aromatic heterocycles. The van der Waals surface area contributed by atoms with Crippen molar-refractivity contribution in [3.05, 3.63) is 0 Å². The molecule has 0 aromatic rings. The number of piperazine rings is 1. The number of hydrogen-bond donors (Lipinski definition) is 1. The molecule has 0 radical (unpaired) electrons. The molecule has 4 nitrogen and oxygen atoms in total. The van der Waals surface area contributed by atoms with E-state index in [0.29, 0.717) is 6.04 Å². The molecule has 2 aliphatic rings. The largest absolute Gasteiger partial charge is 0.378 e. The molecule has 0 saturated carbocycles. The van der Waals surface area contributed by atoms with E-state index in [9.17, 15) is 0 Å². The minimum atomic E-state index is 0.684. The van der Waals surface area contributed by atoms with Crippen LogP contribution in [-0.2, 0) is 4.74 Å². The molecule has 2 saturated heterocycles. The molecule has 0 atom stereocenters. The predicted octanol–water partition coefficient (Wildman–Crippen LogP) is -0.0973. The van der Waals surface area contributed by atoms with Crippen LogP contribution in [0.25, 0.3) is 0 Å². The molecule has 2 aliphatic heterocycles. The van der Waals surface area contributed by atoms with E-state index in [1.165, 1.54) is 0 Å². The summed E-state index contributed by atoms with van der Waals surface area (Å²) in [4.78, 5) is 2.47. The summed E-state index contributed by atoms with van der Waals surface area (Å²) in [6.45, 7) is 10.0. The van der Waals surface area contributed by atoms with Crippen molar-refractivity contribution in [3.63, 3.8) is 0 Å². The van der Waals surface area contributed by atoms with Crippen molar-refractivity contribution in [1.82, 2.24) is 9.91 Å². The average Bonchev–Trinajstić information content (AvgIpc) is 2.09. The van der Waals surface area contributed by atoms with E-state index in [2.05, 4.69) is 4.90 Å². The first-order chi connectivity index (χ1) is 6.36. The summed E-state index contributed by atoms with van der Waals surface area (Å²) in [7, 11) is 0. The molecule has 2 heterocycles. The lowest BCUT2D eigenvalue weighted by Crippen LogP contribution is -2.57. The molecule has 0 aliphatic carbocycles. The second-order valence-corrected chi connectivity index (χ2v) is 3.26. The Morgan fingerprint density at radius 1 is 1.08 bits per heavy atom. The van der Waals surface area contributed by atoms with Crippen LogP contribution in [0, 0.1) is 0 Å². The fourth-order valence-electron chi connectivity index (χ4n) is 1.54. The highest BCUT2D eigenvalue weighted by atomic mass is 16.5. The van der Waals surface area contributed by atoms with Crippen LogP contribution in [-0.4, -0.2) is 55.3 Å². The Hall–Kier alpha value is -0.160. The van der Waals surface area contributed by atoms with Crippen LogP contribution in [0.2, 0.25) is 0 Å². The monoisotopic (exact) mass is 187 g/mol. The van der Waals surface area contributed by atoms with Crippen molar-refractivity contribution in [3.8, 4) is 0 Å². The standard InChI is InChI=1S/C7H15N3O.C2H6/c8-10-3-1-9(2-4-10)7-5-11-6-7;1-2/h7H,1-6,8H2;1-2H3. The van der Waals surface area contributed by atoms with Gasteiger partial charge in [-0.3, -0.25) is 10.7 Å². The Morgan fingerprint density at radius 2 is 1.62 bits per heavy atom. The molecule has 0 amide bonds. The number of hydrazine groups is 1. The SMILES string of the molecule is CC.NN1CCN(C2COC2)CC1. The van der Waals surface area contributed by atoms with Gasteiger partial charge in [0.1, 0.15) is 0 Å². The van der Waals surface area contributed by atoms with Crippen molar-refractivity contribution >= 4 is 0 Å². The van der Waals surface area contributed by atoms with E-state index in [1.54, 1.807) is 0 Å². The van der Waals surface area contributed by atoms with Gasteiger partial charge in [-0.15, -0.1) is 0 Å². The van der Waals surface area contributed by atoms with E-state index < -0.39 is 0 Å². The molecule has 0 bridgehead atoms. The summed E-state index contributed by atoms with van der Waals surface area (Å²) < 4.78 is 5.13. The van der Waals surface area contributed by atoms with Crippen molar-refractivity contribution in [1.29, 1.82) is 0 Å². The van der Waals surface area contributed by atoms with Gasteiger partial charge in [-0.25, -0.2) is 5.01 Å². The van der Waals surface area contributed by atoms with Gasteiger partial charge < -0.3 is 4.74 Å². The second-order valence-electron chi connectivity index (χ2n) is 3.26. The van der Waals surface area contributed by atoms with Gasteiger partial charge in [0, 0.05) is 26.2 Å². The van der Waals surface area contributed by atoms with E-state index in [-0.39, 0.29) is 0 Å². The number of ether oxygens (including phenoxy) is 1. The lowest BCUT2D eigenvalue weighted by molar-refractivity contribution is -0.0769. The molecule has 0 spiro atoms. The quantitative estimate of drug-likeness (QED) is 0.582. The van der Waals surface area contributed by atoms with Crippen molar-refractivity contribution in [2.75, 3.05) is 39.4 Å². The lowest BCUT2D eigenvalue weighted by atomic mass is 10.2. The van der Waals surface area contributed by atoms with Crippen LogP contribution in [0.5, 0.6) is 0 Å². The third-order valence-corrected chi connectivity index (χ3v) is 2.49. The average molecular weight is 187 g/mol. The zero-order chi connectivity index (χ0) is 9.68. The number of rotatable bonds is 1. The number of hydrogen-bond acceptors (Lipinski definition) is 4. The van der Waals surface area contributed by atoms with Crippen LogP contribution in [0.4, 0.5) is 0 Å². The molecular weight excluding hydrogens is 166 g/mol. The Labute approximate surface area is 80.6 Å². The van der Waals surface area contributed by atoms with Crippen LogP contribution < -0.4 is 5.84 Å². The zero-order valence-electron chi connectivity index (χ0n) is 8.70.